The number of nitrogens with one attached hydrogen (secondary N) is 2. The Morgan fingerprint density at radius 1 is 1.19 bits per heavy atom. The topological polar surface area (TPSA) is 93.1 Å². The lowest BCUT2D eigenvalue weighted by molar-refractivity contribution is -0.117. The summed E-state index contributed by atoms with van der Waals surface area (Å²) in [5.41, 5.74) is 0.479. The molecule has 146 valence electrons. The van der Waals surface area contributed by atoms with E-state index in [9.17, 15) is 14.4 Å². The number of nitrogens with zero attached hydrogens (tertiary/aromatic N) is 2. The number of para-hydroxylation sites is 1. The lowest BCUT2D eigenvalue weighted by atomic mass is 10.2. The Bertz CT molecular complexity index is 881. The van der Waals surface area contributed by atoms with Crippen LogP contribution in [0.2, 0.25) is 0 Å². The van der Waals surface area contributed by atoms with E-state index in [1.807, 2.05) is 39.8 Å². The second kappa shape index (κ2) is 9.55. The number of urea groups is 1. The SMILES string of the molecule is CC[C@@H](C)NC(=O)NC(=O)CSc1nc2ccccc2c(=O)n1[C@H](C)CC. The average Bonchev–Trinajstić information content (AvgIpc) is 2.65. The van der Waals surface area contributed by atoms with Crippen LogP contribution >= 0.6 is 11.8 Å². The fourth-order valence-electron chi connectivity index (χ4n) is 2.45. The maximum atomic E-state index is 12.9. The average molecular weight is 391 g/mol. The van der Waals surface area contributed by atoms with E-state index in [0.717, 1.165) is 24.6 Å². The molecule has 8 heteroatoms. The van der Waals surface area contributed by atoms with Crippen LogP contribution in [0, 0.1) is 0 Å². The maximum Gasteiger partial charge on any atom is 0.321 e. The Balaban J connectivity index is 2.19. The molecule has 0 bridgehead atoms. The van der Waals surface area contributed by atoms with E-state index >= 15 is 0 Å². The second-order valence-electron chi connectivity index (χ2n) is 6.46. The number of hydrogen-bond donors (Lipinski definition) is 2. The van der Waals surface area contributed by atoms with Crippen molar-refractivity contribution in [1.82, 2.24) is 20.2 Å². The van der Waals surface area contributed by atoms with Crippen LogP contribution in [0.5, 0.6) is 0 Å². The number of benzene rings is 1. The molecule has 0 fully saturated rings. The van der Waals surface area contributed by atoms with E-state index in [1.54, 1.807) is 16.7 Å². The summed E-state index contributed by atoms with van der Waals surface area (Å²) < 4.78 is 1.62. The first kappa shape index (κ1) is 21.0. The van der Waals surface area contributed by atoms with Gasteiger partial charge in [0.25, 0.3) is 5.56 Å². The van der Waals surface area contributed by atoms with Crippen molar-refractivity contribution >= 4 is 34.6 Å². The largest absolute Gasteiger partial charge is 0.335 e. The second-order valence-corrected chi connectivity index (χ2v) is 7.41. The molecule has 2 atom stereocenters. The number of fused-ring (bicyclic) bond motifs is 1. The Morgan fingerprint density at radius 3 is 2.56 bits per heavy atom. The molecule has 0 radical (unpaired) electrons. The standard InChI is InChI=1S/C19H26N4O3S/c1-5-12(3)20-18(26)22-16(24)11-27-19-21-15-10-8-7-9-14(15)17(25)23(19)13(4)6-2/h7-10,12-13H,5-6,11H2,1-4H3,(H2,20,22,24,26)/t12-,13-/m1/s1. The number of carbonyl (C=O) groups excluding carboxylic acids is 2. The monoisotopic (exact) mass is 390 g/mol. The first-order chi connectivity index (χ1) is 12.9. The van der Waals surface area contributed by atoms with Crippen molar-refractivity contribution in [3.63, 3.8) is 0 Å². The molecule has 0 aliphatic rings. The number of imide groups is 1. The summed E-state index contributed by atoms with van der Waals surface area (Å²) in [6.07, 6.45) is 1.54. The first-order valence-electron chi connectivity index (χ1n) is 9.11. The number of aromatic nitrogens is 2. The zero-order chi connectivity index (χ0) is 20.0. The van der Waals surface area contributed by atoms with Crippen molar-refractivity contribution in [2.45, 2.75) is 57.8 Å². The Morgan fingerprint density at radius 2 is 1.89 bits per heavy atom. The fourth-order valence-corrected chi connectivity index (χ4v) is 3.35. The van der Waals surface area contributed by atoms with Gasteiger partial charge in [-0.3, -0.25) is 19.5 Å². The molecule has 0 saturated carbocycles. The number of amides is 3. The lowest BCUT2D eigenvalue weighted by Gasteiger charge is -2.18. The zero-order valence-electron chi connectivity index (χ0n) is 16.1. The van der Waals surface area contributed by atoms with Gasteiger partial charge in [0.2, 0.25) is 5.91 Å². The van der Waals surface area contributed by atoms with E-state index in [4.69, 9.17) is 0 Å². The van der Waals surface area contributed by atoms with Crippen LogP contribution < -0.4 is 16.2 Å². The third kappa shape index (κ3) is 5.32. The molecule has 0 aliphatic carbocycles. The van der Waals surface area contributed by atoms with Crippen LogP contribution in [-0.2, 0) is 4.79 Å². The van der Waals surface area contributed by atoms with Gasteiger partial charge in [-0.05, 0) is 38.8 Å². The molecule has 0 unspecified atom stereocenters. The van der Waals surface area contributed by atoms with E-state index in [1.165, 1.54) is 0 Å². The third-order valence-corrected chi connectivity index (χ3v) is 5.33. The minimum atomic E-state index is -0.513. The minimum Gasteiger partial charge on any atom is -0.335 e. The number of carbonyl (C=O) groups is 2. The quantitative estimate of drug-likeness (QED) is 0.560. The van der Waals surface area contributed by atoms with E-state index < -0.39 is 11.9 Å². The van der Waals surface area contributed by atoms with Gasteiger partial charge in [0.05, 0.1) is 16.7 Å². The first-order valence-corrected chi connectivity index (χ1v) is 10.1. The van der Waals surface area contributed by atoms with Crippen LogP contribution in [0.3, 0.4) is 0 Å². The van der Waals surface area contributed by atoms with Gasteiger partial charge < -0.3 is 5.32 Å². The molecule has 1 aromatic heterocycles. The highest BCUT2D eigenvalue weighted by Gasteiger charge is 2.17. The summed E-state index contributed by atoms with van der Waals surface area (Å²) in [6, 6.07) is 6.59. The normalized spacial score (nSPS) is 13.2. The van der Waals surface area contributed by atoms with Crippen molar-refractivity contribution in [3.8, 4) is 0 Å². The summed E-state index contributed by atoms with van der Waals surface area (Å²) in [7, 11) is 0. The van der Waals surface area contributed by atoms with Gasteiger partial charge in [0.15, 0.2) is 5.16 Å². The van der Waals surface area contributed by atoms with Gasteiger partial charge in [-0.15, -0.1) is 0 Å². The van der Waals surface area contributed by atoms with Gasteiger partial charge in [-0.1, -0.05) is 37.7 Å². The van der Waals surface area contributed by atoms with Crippen LogP contribution in [0.4, 0.5) is 4.79 Å². The van der Waals surface area contributed by atoms with E-state index in [0.29, 0.717) is 16.1 Å². The molecule has 2 aromatic rings. The van der Waals surface area contributed by atoms with Crippen molar-refractivity contribution in [1.29, 1.82) is 0 Å². The Labute approximate surface area is 162 Å². The van der Waals surface area contributed by atoms with Gasteiger partial charge >= 0.3 is 6.03 Å². The molecule has 0 aliphatic heterocycles. The summed E-state index contributed by atoms with van der Waals surface area (Å²) in [4.78, 5) is 41.3. The Kier molecular flexibility index (Phi) is 7.41. The maximum absolute atomic E-state index is 12.9. The molecule has 27 heavy (non-hydrogen) atoms. The summed E-state index contributed by atoms with van der Waals surface area (Å²) in [5.74, 6) is -0.436. The van der Waals surface area contributed by atoms with Gasteiger partial charge in [0, 0.05) is 12.1 Å². The highest BCUT2D eigenvalue weighted by Crippen LogP contribution is 2.22. The van der Waals surface area contributed by atoms with Crippen molar-refractivity contribution in [3.05, 3.63) is 34.6 Å². The van der Waals surface area contributed by atoms with Crippen LogP contribution in [0.15, 0.2) is 34.2 Å². The van der Waals surface area contributed by atoms with Crippen molar-refractivity contribution < 1.29 is 9.59 Å². The van der Waals surface area contributed by atoms with E-state index in [2.05, 4.69) is 15.6 Å². The molecular formula is C19H26N4O3S. The highest BCUT2D eigenvalue weighted by atomic mass is 32.2. The van der Waals surface area contributed by atoms with Crippen LogP contribution in [-0.4, -0.2) is 33.3 Å². The third-order valence-electron chi connectivity index (χ3n) is 4.38. The molecular weight excluding hydrogens is 364 g/mol. The highest BCUT2D eigenvalue weighted by molar-refractivity contribution is 7.99. The molecule has 0 saturated heterocycles. The minimum absolute atomic E-state index is 0.00482. The van der Waals surface area contributed by atoms with Gasteiger partial charge in [0.1, 0.15) is 0 Å². The summed E-state index contributed by atoms with van der Waals surface area (Å²) >= 11 is 1.15. The van der Waals surface area contributed by atoms with Crippen molar-refractivity contribution in [2.24, 2.45) is 0 Å². The molecule has 1 aromatic carbocycles. The smallest absolute Gasteiger partial charge is 0.321 e. The van der Waals surface area contributed by atoms with E-state index in [-0.39, 0.29) is 23.4 Å². The molecule has 0 spiro atoms. The molecule has 7 nitrogen and oxygen atoms in total. The Hall–Kier alpha value is -2.35. The van der Waals surface area contributed by atoms with Gasteiger partial charge in [-0.2, -0.15) is 0 Å². The molecule has 2 rings (SSSR count). The van der Waals surface area contributed by atoms with Crippen LogP contribution in [0.1, 0.15) is 46.6 Å². The zero-order valence-corrected chi connectivity index (χ0v) is 16.9. The summed E-state index contributed by atoms with van der Waals surface area (Å²) in [6.45, 7) is 7.75. The van der Waals surface area contributed by atoms with Gasteiger partial charge in [-0.25, -0.2) is 9.78 Å². The number of hydrogen-bond acceptors (Lipinski definition) is 5. The predicted octanol–water partition coefficient (Wildman–Crippen LogP) is 3.08. The molecule has 2 N–H and O–H groups in total. The molecule has 1 heterocycles. The lowest BCUT2D eigenvalue weighted by Crippen LogP contribution is -2.44. The number of rotatable bonds is 7. The van der Waals surface area contributed by atoms with Crippen LogP contribution in [0.25, 0.3) is 10.9 Å². The number of thioether (sulfide) groups is 1. The fraction of sp³-hybridized carbons (Fsp3) is 0.474. The van der Waals surface area contributed by atoms with Crippen molar-refractivity contribution in [2.75, 3.05) is 5.75 Å². The molecule has 3 amide bonds. The summed E-state index contributed by atoms with van der Waals surface area (Å²) in [5, 5.41) is 6.02. The predicted molar refractivity (Wildman–Crippen MR) is 108 cm³/mol.